The van der Waals surface area contributed by atoms with Crippen molar-refractivity contribution in [3.8, 4) is 0 Å². The van der Waals surface area contributed by atoms with Gasteiger partial charge in [-0.25, -0.2) is 0 Å². The molecule has 0 bridgehead atoms. The van der Waals surface area contributed by atoms with Gasteiger partial charge >= 0.3 is 0 Å². The molecule has 2 nitrogen and oxygen atoms in total. The molecule has 1 amide bonds. The Morgan fingerprint density at radius 3 is 1.25 bits per heavy atom. The molecule has 0 unspecified atom stereocenters. The summed E-state index contributed by atoms with van der Waals surface area (Å²) in [6.07, 6.45) is 21.2. The fraction of sp³-hybridized carbons (Fsp3) is 0.955. The summed E-state index contributed by atoms with van der Waals surface area (Å²) < 4.78 is 0. The Morgan fingerprint density at radius 2 is 0.958 bits per heavy atom. The Labute approximate surface area is 152 Å². The zero-order valence-electron chi connectivity index (χ0n) is 17.0. The highest BCUT2D eigenvalue weighted by Gasteiger charge is 2.33. The van der Waals surface area contributed by atoms with Crippen molar-refractivity contribution in [3.63, 3.8) is 0 Å². The topological polar surface area (TPSA) is 43.1 Å². The fourth-order valence-electron chi connectivity index (χ4n) is 3.74. The van der Waals surface area contributed by atoms with Crippen LogP contribution >= 0.6 is 0 Å². The van der Waals surface area contributed by atoms with E-state index in [9.17, 15) is 4.79 Å². The first-order valence-corrected chi connectivity index (χ1v) is 10.9. The highest BCUT2D eigenvalue weighted by molar-refractivity contribution is 5.80. The van der Waals surface area contributed by atoms with Crippen molar-refractivity contribution >= 4 is 5.91 Å². The van der Waals surface area contributed by atoms with Crippen LogP contribution in [0.1, 0.15) is 130 Å². The lowest BCUT2D eigenvalue weighted by atomic mass is 9.75. The molecule has 0 heterocycles. The van der Waals surface area contributed by atoms with Gasteiger partial charge in [-0.15, -0.1) is 0 Å². The summed E-state index contributed by atoms with van der Waals surface area (Å²) >= 11 is 0. The van der Waals surface area contributed by atoms with Gasteiger partial charge in [0.25, 0.3) is 0 Å². The molecule has 0 fully saturated rings. The summed E-state index contributed by atoms with van der Waals surface area (Å²) in [6.45, 7) is 6.66. The Morgan fingerprint density at radius 1 is 0.625 bits per heavy atom. The number of primary amides is 1. The standard InChI is InChI=1S/C22H45NO/c1-4-7-9-11-13-15-17-19-22(6-3,21(23)24)20-18-16-14-12-10-8-5-2/h4-20H2,1-3H3,(H2,23,24). The number of amides is 1. The van der Waals surface area contributed by atoms with E-state index >= 15 is 0 Å². The maximum Gasteiger partial charge on any atom is 0.223 e. The van der Waals surface area contributed by atoms with Gasteiger partial charge in [-0.3, -0.25) is 4.79 Å². The van der Waals surface area contributed by atoms with E-state index in [1.54, 1.807) is 0 Å². The van der Waals surface area contributed by atoms with Crippen molar-refractivity contribution < 1.29 is 4.79 Å². The smallest absolute Gasteiger partial charge is 0.223 e. The molecule has 0 atom stereocenters. The first-order valence-electron chi connectivity index (χ1n) is 10.9. The van der Waals surface area contributed by atoms with Crippen molar-refractivity contribution in [1.82, 2.24) is 0 Å². The second kappa shape index (κ2) is 16.0. The number of nitrogens with two attached hydrogens (primary N) is 1. The average Bonchev–Trinajstić information content (AvgIpc) is 2.58. The third-order valence-electron chi connectivity index (χ3n) is 5.72. The zero-order chi connectivity index (χ0) is 18.1. The number of hydrogen-bond donors (Lipinski definition) is 1. The average molecular weight is 340 g/mol. The van der Waals surface area contributed by atoms with E-state index in [-0.39, 0.29) is 11.3 Å². The van der Waals surface area contributed by atoms with E-state index < -0.39 is 0 Å². The molecule has 0 spiro atoms. The van der Waals surface area contributed by atoms with Crippen LogP contribution in [0.15, 0.2) is 0 Å². The normalized spacial score (nSPS) is 11.8. The van der Waals surface area contributed by atoms with Crippen LogP contribution in [0.2, 0.25) is 0 Å². The van der Waals surface area contributed by atoms with Crippen molar-refractivity contribution in [2.45, 2.75) is 130 Å². The molecule has 0 saturated heterocycles. The van der Waals surface area contributed by atoms with Crippen LogP contribution in [0.4, 0.5) is 0 Å². The highest BCUT2D eigenvalue weighted by Crippen LogP contribution is 2.35. The second-order valence-corrected chi connectivity index (χ2v) is 7.74. The van der Waals surface area contributed by atoms with Crippen LogP contribution in [0.25, 0.3) is 0 Å². The van der Waals surface area contributed by atoms with Gasteiger partial charge in [0.2, 0.25) is 5.91 Å². The van der Waals surface area contributed by atoms with Gasteiger partial charge in [0.1, 0.15) is 0 Å². The zero-order valence-corrected chi connectivity index (χ0v) is 17.0. The van der Waals surface area contributed by atoms with Crippen LogP contribution in [-0.2, 0) is 4.79 Å². The summed E-state index contributed by atoms with van der Waals surface area (Å²) in [5, 5.41) is 0. The molecule has 0 aromatic rings. The van der Waals surface area contributed by atoms with E-state index in [2.05, 4.69) is 20.8 Å². The van der Waals surface area contributed by atoms with Crippen molar-refractivity contribution in [3.05, 3.63) is 0 Å². The molecule has 0 rings (SSSR count). The van der Waals surface area contributed by atoms with Gasteiger partial charge in [0.05, 0.1) is 0 Å². The van der Waals surface area contributed by atoms with E-state index in [0.29, 0.717) is 0 Å². The Bertz CT molecular complexity index is 270. The monoisotopic (exact) mass is 339 g/mol. The number of unbranched alkanes of at least 4 members (excludes halogenated alkanes) is 12. The highest BCUT2D eigenvalue weighted by atomic mass is 16.1. The lowest BCUT2D eigenvalue weighted by Gasteiger charge is -2.29. The van der Waals surface area contributed by atoms with Gasteiger partial charge in [-0.1, -0.05) is 111 Å². The summed E-state index contributed by atoms with van der Waals surface area (Å²) in [6, 6.07) is 0. The molecule has 0 saturated carbocycles. The Kier molecular flexibility index (Phi) is 15.6. The van der Waals surface area contributed by atoms with E-state index in [4.69, 9.17) is 5.73 Å². The fourth-order valence-corrected chi connectivity index (χ4v) is 3.74. The molecular formula is C22H45NO. The Hall–Kier alpha value is -0.530. The van der Waals surface area contributed by atoms with Gasteiger partial charge in [0, 0.05) is 5.41 Å². The molecule has 0 aromatic carbocycles. The Balaban J connectivity index is 3.97. The molecule has 0 aromatic heterocycles. The van der Waals surface area contributed by atoms with Crippen molar-refractivity contribution in [2.24, 2.45) is 11.1 Å². The van der Waals surface area contributed by atoms with E-state index in [1.807, 2.05) is 0 Å². The predicted octanol–water partition coefficient (Wildman–Crippen LogP) is 7.15. The second-order valence-electron chi connectivity index (χ2n) is 7.74. The van der Waals surface area contributed by atoms with Crippen LogP contribution in [0.3, 0.4) is 0 Å². The molecular weight excluding hydrogens is 294 g/mol. The molecule has 0 radical (unpaired) electrons. The van der Waals surface area contributed by atoms with Crippen molar-refractivity contribution in [2.75, 3.05) is 0 Å². The number of hydrogen-bond acceptors (Lipinski definition) is 1. The largest absolute Gasteiger partial charge is 0.369 e. The number of carbonyl (C=O) groups excluding carboxylic acids is 1. The van der Waals surface area contributed by atoms with Gasteiger partial charge in [-0.05, 0) is 19.3 Å². The molecule has 24 heavy (non-hydrogen) atoms. The molecule has 0 aliphatic rings. The minimum absolute atomic E-state index is 0.0537. The van der Waals surface area contributed by atoms with E-state index in [1.165, 1.54) is 89.9 Å². The van der Waals surface area contributed by atoms with Crippen LogP contribution in [-0.4, -0.2) is 5.91 Å². The molecule has 0 aliphatic carbocycles. The quantitative estimate of drug-likeness (QED) is 0.265. The lowest BCUT2D eigenvalue weighted by Crippen LogP contribution is -2.36. The molecule has 0 aliphatic heterocycles. The minimum atomic E-state index is -0.229. The van der Waals surface area contributed by atoms with Gasteiger partial charge < -0.3 is 5.73 Å². The summed E-state index contributed by atoms with van der Waals surface area (Å²) in [4.78, 5) is 12.1. The predicted molar refractivity (Wildman–Crippen MR) is 107 cm³/mol. The van der Waals surface area contributed by atoms with Crippen LogP contribution in [0.5, 0.6) is 0 Å². The summed E-state index contributed by atoms with van der Waals surface area (Å²) in [5.74, 6) is -0.0537. The minimum Gasteiger partial charge on any atom is -0.369 e. The van der Waals surface area contributed by atoms with Crippen LogP contribution in [0, 0.1) is 5.41 Å². The van der Waals surface area contributed by atoms with E-state index in [0.717, 1.165) is 19.3 Å². The maximum atomic E-state index is 12.1. The lowest BCUT2D eigenvalue weighted by molar-refractivity contribution is -0.129. The SMILES string of the molecule is CCCCCCCCCC(CC)(CCCCCCCCC)C(N)=O. The first-order chi connectivity index (χ1) is 11.6. The third kappa shape index (κ3) is 11.1. The summed E-state index contributed by atoms with van der Waals surface area (Å²) in [5.41, 5.74) is 5.57. The maximum absolute atomic E-state index is 12.1. The van der Waals surface area contributed by atoms with Gasteiger partial charge in [0.15, 0.2) is 0 Å². The third-order valence-corrected chi connectivity index (χ3v) is 5.72. The number of carbonyl (C=O) groups is 1. The molecule has 144 valence electrons. The van der Waals surface area contributed by atoms with Crippen LogP contribution < -0.4 is 5.73 Å². The molecule has 2 heteroatoms. The summed E-state index contributed by atoms with van der Waals surface area (Å²) in [7, 11) is 0. The number of rotatable bonds is 18. The van der Waals surface area contributed by atoms with Gasteiger partial charge in [-0.2, -0.15) is 0 Å². The molecule has 2 N–H and O–H groups in total. The van der Waals surface area contributed by atoms with Crippen molar-refractivity contribution in [1.29, 1.82) is 0 Å². The first kappa shape index (κ1) is 23.5.